The number of thiocarbonyl (C=S) groups is 1. The average molecular weight is 325 g/mol. The Balaban J connectivity index is 2.31. The Morgan fingerprint density at radius 1 is 1.48 bits per heavy atom. The molecule has 2 aromatic rings. The van der Waals surface area contributed by atoms with Crippen molar-refractivity contribution in [1.82, 2.24) is 14.8 Å². The number of nitrogens with zero attached hydrogens (tertiary/aromatic N) is 3. The van der Waals surface area contributed by atoms with Gasteiger partial charge in [-0.25, -0.2) is 8.42 Å². The van der Waals surface area contributed by atoms with E-state index in [1.54, 1.807) is 17.9 Å². The molecule has 0 aliphatic heterocycles. The molecule has 0 unspecified atom stereocenters. The molecule has 0 bridgehead atoms. The number of nitrogens with two attached hydrogens (primary N) is 1. The maximum Gasteiger partial charge on any atom is 0.263 e. The summed E-state index contributed by atoms with van der Waals surface area (Å²) in [4.78, 5) is 4.08. The van der Waals surface area contributed by atoms with Crippen LogP contribution in [0.2, 0.25) is 0 Å². The van der Waals surface area contributed by atoms with Crippen molar-refractivity contribution in [3.05, 3.63) is 35.9 Å². The highest BCUT2D eigenvalue weighted by atomic mass is 32.2. The maximum absolute atomic E-state index is 12.3. The largest absolute Gasteiger partial charge is 0.388 e. The van der Waals surface area contributed by atoms with Gasteiger partial charge in [0.2, 0.25) is 0 Å². The molecule has 3 N–H and O–H groups in total. The third-order valence-corrected chi connectivity index (χ3v) is 4.34. The highest BCUT2D eigenvalue weighted by molar-refractivity contribution is 7.92. The van der Waals surface area contributed by atoms with E-state index in [4.69, 9.17) is 18.0 Å². The van der Waals surface area contributed by atoms with E-state index in [0.717, 1.165) is 0 Å². The Labute approximate surface area is 128 Å². The van der Waals surface area contributed by atoms with Gasteiger partial charge in [0, 0.05) is 19.4 Å². The molecule has 9 heteroatoms. The lowest BCUT2D eigenvalue weighted by Gasteiger charge is -2.07. The summed E-state index contributed by atoms with van der Waals surface area (Å²) >= 11 is 4.78. The van der Waals surface area contributed by atoms with Crippen LogP contribution >= 0.6 is 12.2 Å². The molecule has 0 fully saturated rings. The number of pyridine rings is 1. The summed E-state index contributed by atoms with van der Waals surface area (Å²) in [5.41, 5.74) is 6.94. The summed E-state index contributed by atoms with van der Waals surface area (Å²) in [7, 11) is -1.99. The predicted octanol–water partition coefficient (Wildman–Crippen LogP) is 0.813. The van der Waals surface area contributed by atoms with Crippen molar-refractivity contribution in [1.29, 1.82) is 0 Å². The Kier molecular flexibility index (Phi) is 4.24. The third kappa shape index (κ3) is 3.37. The lowest BCUT2D eigenvalue weighted by atomic mass is 10.3. The van der Waals surface area contributed by atoms with Crippen LogP contribution in [-0.4, -0.2) is 28.2 Å². The second-order valence-electron chi connectivity index (χ2n) is 4.37. The van der Waals surface area contributed by atoms with Gasteiger partial charge in [-0.15, -0.1) is 0 Å². The number of aryl methyl sites for hydroxylation is 2. The molecule has 112 valence electrons. The van der Waals surface area contributed by atoms with Crippen molar-refractivity contribution in [2.45, 2.75) is 18.2 Å². The molecule has 0 amide bonds. The number of aromatic nitrogens is 3. The quantitative estimate of drug-likeness (QED) is 0.789. The van der Waals surface area contributed by atoms with Crippen molar-refractivity contribution in [2.75, 3.05) is 4.72 Å². The van der Waals surface area contributed by atoms with Crippen LogP contribution in [0.25, 0.3) is 0 Å². The molecule has 0 spiro atoms. The second-order valence-corrected chi connectivity index (χ2v) is 6.49. The Bertz CT molecular complexity index is 765. The first-order valence-corrected chi connectivity index (χ1v) is 8.04. The van der Waals surface area contributed by atoms with Crippen LogP contribution in [0.15, 0.2) is 29.4 Å². The number of rotatable bonds is 5. The summed E-state index contributed by atoms with van der Waals surface area (Å²) in [6.45, 7) is 1.90. The first-order chi connectivity index (χ1) is 9.83. The molecular formula is C12H15N5O2S2. The van der Waals surface area contributed by atoms with Gasteiger partial charge in [0.05, 0.1) is 17.1 Å². The van der Waals surface area contributed by atoms with Crippen molar-refractivity contribution in [3.8, 4) is 0 Å². The second kappa shape index (κ2) is 5.78. The zero-order valence-electron chi connectivity index (χ0n) is 11.6. The third-order valence-electron chi connectivity index (χ3n) is 2.78. The van der Waals surface area contributed by atoms with Crippen LogP contribution in [-0.2, 0) is 23.5 Å². The molecule has 0 aromatic carbocycles. The molecule has 2 heterocycles. The average Bonchev–Trinajstić information content (AvgIpc) is 2.78. The number of hydrogen-bond acceptors (Lipinski definition) is 5. The number of sulfonamides is 1. The zero-order chi connectivity index (χ0) is 15.6. The summed E-state index contributed by atoms with van der Waals surface area (Å²) in [6, 6.07) is 2.88. The zero-order valence-corrected chi connectivity index (χ0v) is 13.2. The first-order valence-electron chi connectivity index (χ1n) is 6.14. The smallest absolute Gasteiger partial charge is 0.263 e. The fraction of sp³-hybridized carbons (Fsp3) is 0.250. The molecule has 2 rings (SSSR count). The van der Waals surface area contributed by atoms with Gasteiger partial charge in [-0.1, -0.05) is 19.1 Å². The number of hydrogen-bond donors (Lipinski definition) is 2. The summed E-state index contributed by atoms with van der Waals surface area (Å²) < 4.78 is 28.7. The molecule has 0 aliphatic carbocycles. The highest BCUT2D eigenvalue weighted by Gasteiger charge is 2.18. The van der Waals surface area contributed by atoms with Crippen molar-refractivity contribution < 1.29 is 8.42 Å². The molecule has 21 heavy (non-hydrogen) atoms. The molecule has 0 atom stereocenters. The molecule has 0 saturated carbocycles. The SMILES string of the molecule is CCc1nn(C)cc1NS(=O)(=O)c1ccc(C(N)=S)nc1. The molecule has 7 nitrogen and oxygen atoms in total. The lowest BCUT2D eigenvalue weighted by molar-refractivity contribution is 0.600. The lowest BCUT2D eigenvalue weighted by Crippen LogP contribution is -2.16. The standard InChI is InChI=1S/C12H15N5O2S2/c1-3-9-11(7-17(2)15-9)16-21(18,19)8-4-5-10(12(13)20)14-6-8/h4-7,16H,3H2,1-2H3,(H2,13,20). The van der Waals surface area contributed by atoms with Gasteiger partial charge in [0.1, 0.15) is 9.88 Å². The van der Waals surface area contributed by atoms with Crippen molar-refractivity contribution in [2.24, 2.45) is 12.8 Å². The van der Waals surface area contributed by atoms with E-state index in [1.165, 1.54) is 18.3 Å². The Hall–Kier alpha value is -2.00. The number of anilines is 1. The van der Waals surface area contributed by atoms with E-state index < -0.39 is 10.0 Å². The van der Waals surface area contributed by atoms with E-state index in [9.17, 15) is 8.42 Å². The van der Waals surface area contributed by atoms with E-state index in [2.05, 4.69) is 14.8 Å². The minimum atomic E-state index is -3.72. The number of nitrogens with one attached hydrogen (secondary N) is 1. The summed E-state index contributed by atoms with van der Waals surface area (Å²) in [6.07, 6.45) is 3.46. The highest BCUT2D eigenvalue weighted by Crippen LogP contribution is 2.19. The van der Waals surface area contributed by atoms with Gasteiger partial charge in [0.15, 0.2) is 0 Å². The van der Waals surface area contributed by atoms with Crippen LogP contribution in [0.5, 0.6) is 0 Å². The molecule has 0 saturated heterocycles. The van der Waals surface area contributed by atoms with E-state index in [1.807, 2.05) is 6.92 Å². The monoisotopic (exact) mass is 325 g/mol. The molecular weight excluding hydrogens is 310 g/mol. The Morgan fingerprint density at radius 3 is 2.71 bits per heavy atom. The fourth-order valence-electron chi connectivity index (χ4n) is 1.77. The van der Waals surface area contributed by atoms with Gasteiger partial charge in [-0.3, -0.25) is 14.4 Å². The molecule has 0 radical (unpaired) electrons. The predicted molar refractivity (Wildman–Crippen MR) is 83.5 cm³/mol. The van der Waals surface area contributed by atoms with Gasteiger partial charge in [0.25, 0.3) is 10.0 Å². The van der Waals surface area contributed by atoms with Crippen LogP contribution in [0, 0.1) is 0 Å². The minimum Gasteiger partial charge on any atom is -0.388 e. The topological polar surface area (TPSA) is 103 Å². The molecule has 2 aromatic heterocycles. The molecule has 0 aliphatic rings. The minimum absolute atomic E-state index is 0.0356. The fourth-order valence-corrected chi connectivity index (χ4v) is 2.91. The first kappa shape index (κ1) is 15.4. The van der Waals surface area contributed by atoms with Crippen LogP contribution in [0.4, 0.5) is 5.69 Å². The van der Waals surface area contributed by atoms with Crippen LogP contribution in [0.3, 0.4) is 0 Å². The van der Waals surface area contributed by atoms with Gasteiger partial charge >= 0.3 is 0 Å². The maximum atomic E-state index is 12.3. The Morgan fingerprint density at radius 2 is 2.19 bits per heavy atom. The normalized spacial score (nSPS) is 11.3. The van der Waals surface area contributed by atoms with Gasteiger partial charge in [-0.2, -0.15) is 5.10 Å². The summed E-state index contributed by atoms with van der Waals surface area (Å²) in [5, 5.41) is 4.18. The van der Waals surface area contributed by atoms with Crippen molar-refractivity contribution >= 4 is 32.9 Å². The van der Waals surface area contributed by atoms with E-state index in [0.29, 0.717) is 23.5 Å². The van der Waals surface area contributed by atoms with E-state index >= 15 is 0 Å². The van der Waals surface area contributed by atoms with Crippen LogP contribution in [0.1, 0.15) is 18.3 Å². The summed E-state index contributed by atoms with van der Waals surface area (Å²) in [5.74, 6) is 0. The van der Waals surface area contributed by atoms with Gasteiger partial charge in [-0.05, 0) is 18.6 Å². The van der Waals surface area contributed by atoms with Gasteiger partial charge < -0.3 is 5.73 Å². The van der Waals surface area contributed by atoms with E-state index in [-0.39, 0.29) is 9.88 Å². The van der Waals surface area contributed by atoms with Crippen LogP contribution < -0.4 is 10.5 Å². The van der Waals surface area contributed by atoms with Crippen molar-refractivity contribution in [3.63, 3.8) is 0 Å².